The standard InChI is InChI=1S/C17H20FIN4OS.C2H4O/c1-11(21-3)15(18)8-13-6-7-16(23(25-19)12(13)2)17(24)14(9-20)10-22(4)5;1-2-3/h7-8,10,21H,2,6H2,1,3-5H3;2H,1H3/b13-8-,14-10+,15-11-;. The van der Waals surface area contributed by atoms with Gasteiger partial charge in [0.05, 0.1) is 5.70 Å². The van der Waals surface area contributed by atoms with Gasteiger partial charge in [-0.1, -0.05) is 12.7 Å². The quantitative estimate of drug-likeness (QED) is 0.186. The highest BCUT2D eigenvalue weighted by atomic mass is 127. The highest BCUT2D eigenvalue weighted by Gasteiger charge is 2.28. The average Bonchev–Trinajstić information content (AvgIpc) is 2.66. The van der Waals surface area contributed by atoms with E-state index in [0.717, 1.165) is 6.29 Å². The number of halogens is 2. The predicted molar refractivity (Wildman–Crippen MR) is 120 cm³/mol. The molecule has 9 heteroatoms. The number of hydrogen-bond donors (Lipinski definition) is 1. The first kappa shape index (κ1) is 25.9. The van der Waals surface area contributed by atoms with E-state index >= 15 is 0 Å². The van der Waals surface area contributed by atoms with Gasteiger partial charge >= 0.3 is 0 Å². The number of nitrogens with zero attached hydrogens (tertiary/aromatic N) is 3. The molecule has 0 aliphatic carbocycles. The van der Waals surface area contributed by atoms with E-state index in [4.69, 9.17) is 4.79 Å². The normalized spacial score (nSPS) is 16.3. The Labute approximate surface area is 182 Å². The molecule has 0 unspecified atom stereocenters. The first-order valence-electron chi connectivity index (χ1n) is 8.14. The van der Waals surface area contributed by atoms with Crippen LogP contribution >= 0.6 is 30.3 Å². The molecule has 0 aromatic carbocycles. The van der Waals surface area contributed by atoms with E-state index in [1.165, 1.54) is 28.3 Å². The summed E-state index contributed by atoms with van der Waals surface area (Å²) in [6.45, 7) is 7.06. The highest BCUT2D eigenvalue weighted by Crippen LogP contribution is 2.38. The van der Waals surface area contributed by atoms with Crippen LogP contribution in [0, 0.1) is 11.3 Å². The molecule has 0 saturated carbocycles. The molecule has 6 nitrogen and oxygen atoms in total. The Hall–Kier alpha value is -2.06. The maximum Gasteiger partial charge on any atom is 0.221 e. The molecule has 28 heavy (non-hydrogen) atoms. The Morgan fingerprint density at radius 3 is 2.54 bits per heavy atom. The summed E-state index contributed by atoms with van der Waals surface area (Å²) in [5, 5.41) is 12.0. The van der Waals surface area contributed by atoms with E-state index in [1.807, 2.05) is 27.3 Å². The Morgan fingerprint density at radius 2 is 2.11 bits per heavy atom. The van der Waals surface area contributed by atoms with Crippen LogP contribution in [0.3, 0.4) is 0 Å². The molecule has 0 amide bonds. The number of Topliss-reactive ketones (excluding diaryl/α,β-unsaturated/α-hetero) is 1. The molecule has 152 valence electrons. The van der Waals surface area contributed by atoms with Gasteiger partial charge in [-0.3, -0.25) is 9.10 Å². The summed E-state index contributed by atoms with van der Waals surface area (Å²) in [4.78, 5) is 23.1. The second-order valence-electron chi connectivity index (χ2n) is 5.68. The van der Waals surface area contributed by atoms with Crippen molar-refractivity contribution >= 4 is 42.4 Å². The van der Waals surface area contributed by atoms with Gasteiger partial charge in [0, 0.05) is 69.1 Å². The molecule has 0 radical (unpaired) electrons. The van der Waals surface area contributed by atoms with Crippen molar-refractivity contribution in [3.05, 3.63) is 59.0 Å². The van der Waals surface area contributed by atoms with Crippen LogP contribution in [0.25, 0.3) is 0 Å². The Kier molecular flexibility index (Phi) is 12.2. The van der Waals surface area contributed by atoms with Crippen molar-refractivity contribution in [2.24, 2.45) is 0 Å². The molecule has 1 heterocycles. The van der Waals surface area contributed by atoms with Crippen molar-refractivity contribution in [3.63, 3.8) is 0 Å². The third-order valence-electron chi connectivity index (χ3n) is 3.44. The molecule has 0 aromatic heterocycles. The number of ketones is 1. The fourth-order valence-corrected chi connectivity index (χ4v) is 3.79. The minimum absolute atomic E-state index is 0.0315. The second-order valence-corrected chi connectivity index (χ2v) is 7.36. The van der Waals surface area contributed by atoms with Gasteiger partial charge < -0.3 is 15.0 Å². The number of hydrogen-bond acceptors (Lipinski definition) is 7. The van der Waals surface area contributed by atoms with Crippen LogP contribution in [-0.4, -0.2) is 42.4 Å². The molecule has 0 fully saturated rings. The van der Waals surface area contributed by atoms with Crippen LogP contribution in [0.1, 0.15) is 20.3 Å². The summed E-state index contributed by atoms with van der Waals surface area (Å²) in [7, 11) is 6.38. The van der Waals surface area contributed by atoms with Crippen molar-refractivity contribution in [2.45, 2.75) is 20.3 Å². The van der Waals surface area contributed by atoms with Crippen LogP contribution in [0.2, 0.25) is 0 Å². The van der Waals surface area contributed by atoms with Crippen LogP contribution in [0.4, 0.5) is 4.39 Å². The van der Waals surface area contributed by atoms with Crippen LogP contribution in [0.5, 0.6) is 0 Å². The minimum atomic E-state index is -0.386. The monoisotopic (exact) mass is 518 g/mol. The third kappa shape index (κ3) is 7.52. The molecular weight excluding hydrogens is 494 g/mol. The van der Waals surface area contributed by atoms with Gasteiger partial charge in [0.1, 0.15) is 23.8 Å². The SMILES string of the molecule is C=C1/C(=C\C(F)=C(/C)NC)CC=C(C(=O)/C(C#N)=C/N(C)C)N1SI.CC=O. The number of nitrogens with one attached hydrogen (secondary N) is 1. The second kappa shape index (κ2) is 13.2. The van der Waals surface area contributed by atoms with Crippen LogP contribution < -0.4 is 5.32 Å². The van der Waals surface area contributed by atoms with Gasteiger partial charge in [0.25, 0.3) is 0 Å². The smallest absolute Gasteiger partial charge is 0.221 e. The number of carbonyl (C=O) groups is 2. The molecular formula is C19H24FIN4O2S. The summed E-state index contributed by atoms with van der Waals surface area (Å²) in [5.41, 5.74) is 1.99. The van der Waals surface area contributed by atoms with Crippen molar-refractivity contribution in [2.75, 3.05) is 21.1 Å². The number of carbonyl (C=O) groups excluding carboxylic acids is 2. The number of aldehydes is 1. The Bertz CT molecular complexity index is 779. The number of allylic oxidation sites excluding steroid dienone is 6. The van der Waals surface area contributed by atoms with Gasteiger partial charge in [-0.05, 0) is 31.9 Å². The fraction of sp³-hybridized carbons (Fsp3) is 0.316. The third-order valence-corrected chi connectivity index (χ3v) is 5.17. The fourth-order valence-electron chi connectivity index (χ4n) is 2.00. The largest absolute Gasteiger partial charge is 0.389 e. The van der Waals surface area contributed by atoms with E-state index in [9.17, 15) is 14.4 Å². The van der Waals surface area contributed by atoms with Gasteiger partial charge in [0.2, 0.25) is 5.78 Å². The Morgan fingerprint density at radius 1 is 1.54 bits per heavy atom. The molecule has 0 saturated heterocycles. The lowest BCUT2D eigenvalue weighted by Gasteiger charge is -2.30. The van der Waals surface area contributed by atoms with E-state index in [-0.39, 0.29) is 17.2 Å². The lowest BCUT2D eigenvalue weighted by Crippen LogP contribution is -2.25. The van der Waals surface area contributed by atoms with Gasteiger partial charge in [-0.25, -0.2) is 4.39 Å². The lowest BCUT2D eigenvalue weighted by atomic mass is 10.00. The number of nitriles is 1. The molecule has 0 bridgehead atoms. The summed E-state index contributed by atoms with van der Waals surface area (Å²) in [5.74, 6) is -0.770. The molecule has 1 aliphatic heterocycles. The van der Waals surface area contributed by atoms with Crippen molar-refractivity contribution in [1.29, 1.82) is 5.26 Å². The zero-order valence-electron chi connectivity index (χ0n) is 16.5. The van der Waals surface area contributed by atoms with E-state index < -0.39 is 0 Å². The van der Waals surface area contributed by atoms with Gasteiger partial charge in [-0.15, -0.1) is 0 Å². The predicted octanol–water partition coefficient (Wildman–Crippen LogP) is 4.18. The highest BCUT2D eigenvalue weighted by molar-refractivity contribution is 14.2. The van der Waals surface area contributed by atoms with Gasteiger partial charge in [0.15, 0.2) is 0 Å². The van der Waals surface area contributed by atoms with Crippen molar-refractivity contribution in [1.82, 2.24) is 14.5 Å². The van der Waals surface area contributed by atoms with Crippen molar-refractivity contribution in [3.8, 4) is 6.07 Å². The number of rotatable bonds is 6. The van der Waals surface area contributed by atoms with Crippen molar-refractivity contribution < 1.29 is 14.0 Å². The van der Waals surface area contributed by atoms with E-state index in [2.05, 4.69) is 11.9 Å². The van der Waals surface area contributed by atoms with E-state index in [1.54, 1.807) is 43.3 Å². The molecule has 0 spiro atoms. The summed E-state index contributed by atoms with van der Waals surface area (Å²) >= 11 is 2.03. The zero-order chi connectivity index (χ0) is 21.9. The topological polar surface area (TPSA) is 76.4 Å². The Balaban J connectivity index is 0.00000227. The van der Waals surface area contributed by atoms with Crippen LogP contribution in [0.15, 0.2) is 59.0 Å². The molecule has 1 N–H and O–H groups in total. The summed E-state index contributed by atoms with van der Waals surface area (Å²) < 4.78 is 15.7. The summed E-state index contributed by atoms with van der Waals surface area (Å²) in [6, 6.07) is 1.93. The molecule has 0 atom stereocenters. The lowest BCUT2D eigenvalue weighted by molar-refractivity contribution is -0.112. The first-order chi connectivity index (χ1) is 13.2. The molecule has 1 aliphatic rings. The maximum absolute atomic E-state index is 14.1. The maximum atomic E-state index is 14.1. The van der Waals surface area contributed by atoms with Gasteiger partial charge in [-0.2, -0.15) is 5.26 Å². The zero-order valence-corrected chi connectivity index (χ0v) is 19.5. The van der Waals surface area contributed by atoms with E-state index in [0.29, 0.717) is 29.1 Å². The minimum Gasteiger partial charge on any atom is -0.389 e. The average molecular weight is 518 g/mol. The molecule has 0 aromatic rings. The first-order valence-corrected chi connectivity index (χ1v) is 11.5. The van der Waals surface area contributed by atoms with Crippen LogP contribution in [-0.2, 0) is 9.59 Å². The summed E-state index contributed by atoms with van der Waals surface area (Å²) in [6.07, 6.45) is 5.69. The molecule has 1 rings (SSSR count).